The number of nitrogens with zero attached hydrogens (tertiary/aromatic N) is 4. The molecule has 3 heterocycles. The fraction of sp³-hybridized carbons (Fsp3) is 0.400. The number of terminal acetylenes is 1. The first kappa shape index (κ1) is 40.0. The molecule has 1 aliphatic rings. The molecule has 15 nitrogen and oxygen atoms in total. The van der Waals surface area contributed by atoms with Gasteiger partial charge in [-0.15, -0.1) is 6.42 Å². The molecule has 54 heavy (non-hydrogen) atoms. The van der Waals surface area contributed by atoms with Gasteiger partial charge in [-0.25, -0.2) is 23.1 Å². The second kappa shape index (κ2) is 17.7. The summed E-state index contributed by atoms with van der Waals surface area (Å²) in [5.41, 5.74) is 3.65. The van der Waals surface area contributed by atoms with Crippen LogP contribution >= 0.6 is 7.75 Å². The third-order valence-electron chi connectivity index (χ3n) is 8.36. The second-order valence-corrected chi connectivity index (χ2v) is 14.0. The number of fused-ring (bicyclic) bond motifs is 1. The van der Waals surface area contributed by atoms with Gasteiger partial charge in [0.15, 0.2) is 28.7 Å². The number of para-hydroxylation sites is 1. The third kappa shape index (κ3) is 10.1. The van der Waals surface area contributed by atoms with Gasteiger partial charge in [-0.3, -0.25) is 13.9 Å². The third-order valence-corrected chi connectivity index (χ3v) is 9.90. The summed E-state index contributed by atoms with van der Waals surface area (Å²) < 4.78 is 86.6. The highest BCUT2D eigenvalue weighted by molar-refractivity contribution is 7.52. The summed E-state index contributed by atoms with van der Waals surface area (Å²) in [6.07, 6.45) is 6.11. The molecule has 0 saturated carbocycles. The largest absolute Gasteiger partial charge is 0.508 e. The summed E-state index contributed by atoms with van der Waals surface area (Å²) in [5.74, 6) is -1.35. The molecule has 2 aromatic carbocycles. The minimum atomic E-state index is -4.82. The lowest BCUT2D eigenvalue weighted by Gasteiger charge is -2.31. The van der Waals surface area contributed by atoms with Gasteiger partial charge in [-0.2, -0.15) is 19.4 Å². The number of carboxylic acids is 1. The minimum Gasteiger partial charge on any atom is -0.480 e. The molecule has 0 aliphatic carbocycles. The molecule has 0 bridgehead atoms. The number of unbranched alkanes of at least 4 members (excludes halogenated alkanes) is 4. The van der Waals surface area contributed by atoms with Gasteiger partial charge in [-0.1, -0.05) is 56.7 Å². The Morgan fingerprint density at radius 2 is 1.87 bits per heavy atom. The Labute approximate surface area is 307 Å². The van der Waals surface area contributed by atoms with Crippen LogP contribution in [0.15, 0.2) is 54.9 Å². The van der Waals surface area contributed by atoms with Gasteiger partial charge in [0, 0.05) is 12.5 Å². The molecule has 288 valence electrons. The van der Waals surface area contributed by atoms with Crippen molar-refractivity contribution in [3.63, 3.8) is 0 Å². The number of nitrogen functional groups attached to an aromatic ring is 1. The van der Waals surface area contributed by atoms with Crippen LogP contribution in [0.2, 0.25) is 0 Å². The van der Waals surface area contributed by atoms with Crippen LogP contribution in [0.25, 0.3) is 11.2 Å². The summed E-state index contributed by atoms with van der Waals surface area (Å²) >= 11 is 0. The number of carbonyl (C=O) groups excluding carboxylic acids is 1. The van der Waals surface area contributed by atoms with Gasteiger partial charge < -0.3 is 29.6 Å². The average molecular weight is 775 g/mol. The Kier molecular flexibility index (Phi) is 13.1. The zero-order valence-corrected chi connectivity index (χ0v) is 29.9. The fourth-order valence-electron chi connectivity index (χ4n) is 5.72. The number of rotatable bonds is 18. The number of anilines is 1. The first-order valence-electron chi connectivity index (χ1n) is 16.9. The molecule has 2 aromatic heterocycles. The normalized spacial score (nSPS) is 19.8. The van der Waals surface area contributed by atoms with Crippen molar-refractivity contribution in [1.29, 1.82) is 0 Å². The van der Waals surface area contributed by atoms with Crippen molar-refractivity contribution >= 4 is 36.9 Å². The van der Waals surface area contributed by atoms with Gasteiger partial charge in [0.1, 0.15) is 36.3 Å². The van der Waals surface area contributed by atoms with E-state index < -0.39 is 74.6 Å². The minimum absolute atomic E-state index is 0.0197. The highest BCUT2D eigenvalue weighted by atomic mass is 31.2. The molecule has 1 saturated heterocycles. The van der Waals surface area contributed by atoms with Crippen LogP contribution in [0.5, 0.6) is 5.75 Å². The van der Waals surface area contributed by atoms with E-state index in [1.807, 2.05) is 0 Å². The Hall–Kier alpha value is -5.21. The molecule has 1 aliphatic heterocycles. The van der Waals surface area contributed by atoms with Crippen molar-refractivity contribution in [3.8, 4) is 18.1 Å². The highest BCUT2D eigenvalue weighted by Gasteiger charge is 2.53. The Morgan fingerprint density at radius 1 is 1.15 bits per heavy atom. The molecule has 5 rings (SSSR count). The number of hydrogen-bond acceptors (Lipinski definition) is 12. The predicted octanol–water partition coefficient (Wildman–Crippen LogP) is 6.10. The van der Waals surface area contributed by atoms with Crippen LogP contribution in [0.1, 0.15) is 57.2 Å². The standard InChI is InChI=1S/C35H38F3N6O9P/c1-3-5-6-7-11-14-49-34(47)51-27-19-28(44-21-40-29-30(39)41-33(38)42-31(29)44)52-35(27,4-2)20-50-54(48,53-25-12-9-8-10-13-25)43-26(32(45)46)17-22-15-23(36)18-24(37)16-22/h2,8-10,12-13,15-16,18,21,26-28H,3,5-7,11,14,17,19-20H2,1H3,(H,43,48)(H,45,46)(H2,39,41,42)/t26?,27-,28+,35+,54-/m0/s1. The SMILES string of the molecule is C#C[C@]1(CO[P@@](=O)(NC(Cc2cc(F)cc(F)c2)C(=O)O)Oc2ccccc2)O[C@@H](n2cnc3c(N)nc(F)nc32)C[C@@H]1OC(=O)OCCCCCCC. The van der Waals surface area contributed by atoms with E-state index in [2.05, 4.69) is 32.9 Å². The topological polar surface area (TPSA) is 199 Å². The number of hydrogen-bond donors (Lipinski definition) is 3. The number of halogens is 3. The molecule has 1 fully saturated rings. The molecule has 1 unspecified atom stereocenters. The van der Waals surface area contributed by atoms with Gasteiger partial charge in [0.25, 0.3) is 0 Å². The van der Waals surface area contributed by atoms with Crippen molar-refractivity contribution in [2.75, 3.05) is 18.9 Å². The van der Waals surface area contributed by atoms with Crippen LogP contribution in [0, 0.1) is 30.1 Å². The maximum Gasteiger partial charge on any atom is 0.508 e. The molecule has 5 atom stereocenters. The van der Waals surface area contributed by atoms with Gasteiger partial charge in [-0.05, 0) is 42.7 Å². The van der Waals surface area contributed by atoms with Crippen LogP contribution in [-0.2, 0) is 34.5 Å². The van der Waals surface area contributed by atoms with Crippen LogP contribution < -0.4 is 15.3 Å². The first-order valence-corrected chi connectivity index (χ1v) is 18.5. The van der Waals surface area contributed by atoms with E-state index in [4.69, 9.17) is 35.4 Å². The summed E-state index contributed by atoms with van der Waals surface area (Å²) in [6.45, 7) is 1.27. The van der Waals surface area contributed by atoms with Crippen LogP contribution in [0.3, 0.4) is 0 Å². The van der Waals surface area contributed by atoms with Crippen molar-refractivity contribution in [1.82, 2.24) is 24.6 Å². The average Bonchev–Trinajstić information content (AvgIpc) is 3.70. The van der Waals surface area contributed by atoms with Crippen molar-refractivity contribution in [2.24, 2.45) is 0 Å². The molecule has 4 N–H and O–H groups in total. The number of nitrogens with two attached hydrogens (primary N) is 1. The molecule has 4 aromatic rings. The Bertz CT molecular complexity index is 2010. The molecule has 0 spiro atoms. The van der Waals surface area contributed by atoms with E-state index >= 15 is 0 Å². The van der Waals surface area contributed by atoms with Crippen molar-refractivity contribution in [3.05, 3.63) is 78.1 Å². The quantitative estimate of drug-likeness (QED) is 0.0345. The zero-order chi connectivity index (χ0) is 38.9. The van der Waals surface area contributed by atoms with E-state index in [9.17, 15) is 32.4 Å². The van der Waals surface area contributed by atoms with Crippen LogP contribution in [0.4, 0.5) is 23.8 Å². The predicted molar refractivity (Wildman–Crippen MR) is 186 cm³/mol. The summed E-state index contributed by atoms with van der Waals surface area (Å²) in [6, 6.07) is 8.22. The Balaban J connectivity index is 1.44. The monoisotopic (exact) mass is 774 g/mol. The Morgan fingerprint density at radius 3 is 2.56 bits per heavy atom. The number of benzene rings is 2. The lowest BCUT2D eigenvalue weighted by molar-refractivity contribution is -0.139. The molecule has 19 heteroatoms. The van der Waals surface area contributed by atoms with Gasteiger partial charge >= 0.3 is 25.9 Å². The van der Waals surface area contributed by atoms with E-state index in [1.165, 1.54) is 23.0 Å². The maximum atomic E-state index is 14.5. The number of carbonyl (C=O) groups is 2. The van der Waals surface area contributed by atoms with E-state index in [0.29, 0.717) is 12.5 Å². The van der Waals surface area contributed by atoms with E-state index in [0.717, 1.165) is 37.8 Å². The summed E-state index contributed by atoms with van der Waals surface area (Å²) in [5, 5.41) is 12.4. The molecular formula is C35H38F3N6O9P. The zero-order valence-electron chi connectivity index (χ0n) is 29.0. The number of nitrogens with one attached hydrogen (secondary N) is 1. The van der Waals surface area contributed by atoms with E-state index in [-0.39, 0.29) is 41.3 Å². The smallest absolute Gasteiger partial charge is 0.480 e. The van der Waals surface area contributed by atoms with Crippen LogP contribution in [-0.4, -0.2) is 67.7 Å². The second-order valence-electron chi connectivity index (χ2n) is 12.3. The van der Waals surface area contributed by atoms with Gasteiger partial charge in [0.05, 0.1) is 12.9 Å². The maximum absolute atomic E-state index is 14.5. The van der Waals surface area contributed by atoms with Crippen molar-refractivity contribution in [2.45, 2.75) is 75.8 Å². The first-order chi connectivity index (χ1) is 25.8. The lowest BCUT2D eigenvalue weighted by Crippen LogP contribution is -2.46. The fourth-order valence-corrected chi connectivity index (χ4v) is 7.24. The van der Waals surface area contributed by atoms with E-state index in [1.54, 1.807) is 18.2 Å². The molecule has 0 amide bonds. The number of aromatic nitrogens is 4. The number of aliphatic carboxylic acids is 1. The number of ether oxygens (including phenoxy) is 3. The summed E-state index contributed by atoms with van der Waals surface area (Å²) in [4.78, 5) is 36.7. The number of carboxylic acid groups (broad SMARTS) is 1. The molecule has 0 radical (unpaired) electrons. The molecular weight excluding hydrogens is 736 g/mol. The van der Waals surface area contributed by atoms with Gasteiger partial charge in [0.2, 0.25) is 0 Å². The highest BCUT2D eigenvalue weighted by Crippen LogP contribution is 2.48. The number of imidazole rings is 1. The lowest BCUT2D eigenvalue weighted by atomic mass is 9.99. The van der Waals surface area contributed by atoms with Crippen molar-refractivity contribution < 1.29 is 55.7 Å². The summed E-state index contributed by atoms with van der Waals surface area (Å²) in [7, 11) is -4.82.